The Kier molecular flexibility index (Phi) is 6.01. The summed E-state index contributed by atoms with van der Waals surface area (Å²) < 4.78 is 28.7. The number of aliphatic imine (C=N–C) groups is 1. The molecule has 1 fully saturated rings. The first-order valence-electron chi connectivity index (χ1n) is 9.74. The first-order chi connectivity index (χ1) is 14.4. The summed E-state index contributed by atoms with van der Waals surface area (Å²) in [6, 6.07) is 14.7. The number of thioether (sulfide) groups is 1. The molecule has 30 heavy (non-hydrogen) atoms. The minimum atomic E-state index is -2.95. The molecule has 2 aliphatic heterocycles. The summed E-state index contributed by atoms with van der Waals surface area (Å²) in [6.07, 6.45) is 0.269. The van der Waals surface area contributed by atoms with Crippen molar-refractivity contribution in [3.8, 4) is 5.75 Å². The highest BCUT2D eigenvalue weighted by Gasteiger charge is 2.42. The summed E-state index contributed by atoms with van der Waals surface area (Å²) in [4.78, 5) is 16.8. The molecule has 2 heterocycles. The van der Waals surface area contributed by atoms with Crippen LogP contribution in [0.5, 0.6) is 5.75 Å². The van der Waals surface area contributed by atoms with Crippen molar-refractivity contribution < 1.29 is 17.9 Å². The number of hydrogen-bond donors (Lipinski definition) is 2. The third kappa shape index (κ3) is 5.14. The molecule has 158 valence electrons. The van der Waals surface area contributed by atoms with Gasteiger partial charge in [0.25, 0.3) is 0 Å². The number of amidine groups is 1. The molecule has 1 saturated heterocycles. The minimum Gasteiger partial charge on any atom is -0.494 e. The Hall–Kier alpha value is -2.52. The maximum Gasteiger partial charge on any atom is 0.228 e. The van der Waals surface area contributed by atoms with Crippen molar-refractivity contribution in [3.63, 3.8) is 0 Å². The highest BCUT2D eigenvalue weighted by atomic mass is 32.2. The molecular weight excluding hydrogens is 422 g/mol. The maximum absolute atomic E-state index is 12.3. The van der Waals surface area contributed by atoms with Gasteiger partial charge < -0.3 is 15.4 Å². The van der Waals surface area contributed by atoms with E-state index in [9.17, 15) is 13.2 Å². The fraction of sp³-hybridized carbons (Fsp3) is 0.333. The van der Waals surface area contributed by atoms with Gasteiger partial charge in [-0.25, -0.2) is 8.42 Å². The lowest BCUT2D eigenvalue weighted by atomic mass is 10.1. The third-order valence-corrected chi connectivity index (χ3v) is 7.98. The van der Waals surface area contributed by atoms with Crippen LogP contribution in [0.4, 0.5) is 11.4 Å². The van der Waals surface area contributed by atoms with Crippen molar-refractivity contribution in [2.45, 2.75) is 24.6 Å². The molecule has 7 nitrogen and oxygen atoms in total. The number of anilines is 2. The average Bonchev–Trinajstić information content (AvgIpc) is 3.17. The van der Waals surface area contributed by atoms with Crippen LogP contribution >= 0.6 is 11.8 Å². The van der Waals surface area contributed by atoms with Gasteiger partial charge in [0.2, 0.25) is 5.91 Å². The number of amides is 1. The van der Waals surface area contributed by atoms with Gasteiger partial charge in [0, 0.05) is 16.6 Å². The average molecular weight is 446 g/mol. The van der Waals surface area contributed by atoms with Gasteiger partial charge in [0.05, 0.1) is 30.6 Å². The summed E-state index contributed by atoms with van der Waals surface area (Å²) in [7, 11) is -2.95. The van der Waals surface area contributed by atoms with E-state index in [4.69, 9.17) is 4.74 Å². The second kappa shape index (κ2) is 8.69. The Bertz CT molecular complexity index is 1050. The summed E-state index contributed by atoms with van der Waals surface area (Å²) >= 11 is 1.49. The standard InChI is InChI=1S/C21H23N3O4S2/c1-2-28-17-9-7-15(8-10-17)22-20(25)11-14-3-5-16(6-4-14)23-21-24-18-12-30(26,27)13-19(18)29-21/h3-10,18-19H,2,11-13H2,1H3,(H,22,25)(H,23,24)/t18-,19+/m1/s1. The number of carbonyl (C=O) groups is 1. The molecule has 0 spiro atoms. The second-order valence-electron chi connectivity index (χ2n) is 7.24. The van der Waals surface area contributed by atoms with Gasteiger partial charge in [0.1, 0.15) is 5.75 Å². The van der Waals surface area contributed by atoms with Crippen molar-refractivity contribution >= 4 is 44.0 Å². The van der Waals surface area contributed by atoms with Crippen LogP contribution in [0.25, 0.3) is 0 Å². The van der Waals surface area contributed by atoms with E-state index in [0.717, 1.165) is 27.9 Å². The highest BCUT2D eigenvalue weighted by Crippen LogP contribution is 2.34. The van der Waals surface area contributed by atoms with E-state index < -0.39 is 9.84 Å². The highest BCUT2D eigenvalue weighted by molar-refractivity contribution is 8.15. The lowest BCUT2D eigenvalue weighted by Crippen LogP contribution is -2.14. The minimum absolute atomic E-state index is 0.0167. The summed E-state index contributed by atoms with van der Waals surface area (Å²) in [5, 5.41) is 6.89. The zero-order valence-corrected chi connectivity index (χ0v) is 18.1. The number of ether oxygens (including phenoxy) is 1. The predicted octanol–water partition coefficient (Wildman–Crippen LogP) is 2.95. The predicted molar refractivity (Wildman–Crippen MR) is 121 cm³/mol. The number of rotatable bonds is 6. The maximum atomic E-state index is 12.3. The van der Waals surface area contributed by atoms with E-state index in [1.165, 1.54) is 11.8 Å². The molecule has 9 heteroatoms. The Morgan fingerprint density at radius 1 is 1.10 bits per heavy atom. The monoisotopic (exact) mass is 445 g/mol. The van der Waals surface area contributed by atoms with E-state index >= 15 is 0 Å². The molecule has 0 bridgehead atoms. The van der Waals surface area contributed by atoms with E-state index in [1.807, 2.05) is 55.5 Å². The van der Waals surface area contributed by atoms with Gasteiger partial charge >= 0.3 is 0 Å². The van der Waals surface area contributed by atoms with Gasteiger partial charge in [-0.1, -0.05) is 23.9 Å². The lowest BCUT2D eigenvalue weighted by Gasteiger charge is -2.09. The molecule has 0 saturated carbocycles. The van der Waals surface area contributed by atoms with Gasteiger partial charge in [-0.2, -0.15) is 0 Å². The number of carbonyl (C=O) groups excluding carboxylic acids is 1. The third-order valence-electron chi connectivity index (χ3n) is 4.84. The molecule has 0 radical (unpaired) electrons. The topological polar surface area (TPSA) is 96.9 Å². The number of nitrogens with zero attached hydrogens (tertiary/aromatic N) is 1. The van der Waals surface area contributed by atoms with Gasteiger partial charge in [-0.05, 0) is 48.9 Å². The Morgan fingerprint density at radius 2 is 1.80 bits per heavy atom. The molecule has 2 atom stereocenters. The SMILES string of the molecule is CCOc1ccc(NC(=O)Cc2ccc(NC3=N[C@@H]4CS(=O)(=O)C[C@@H]4S3)cc2)cc1. The second-order valence-corrected chi connectivity index (χ2v) is 10.6. The molecule has 1 amide bonds. The zero-order chi connectivity index (χ0) is 21.1. The van der Waals surface area contributed by atoms with E-state index in [0.29, 0.717) is 6.61 Å². The Morgan fingerprint density at radius 3 is 2.47 bits per heavy atom. The van der Waals surface area contributed by atoms with Crippen LogP contribution in [-0.4, -0.2) is 48.9 Å². The molecular formula is C21H23N3O4S2. The van der Waals surface area contributed by atoms with Gasteiger partial charge in [-0.3, -0.25) is 9.79 Å². The number of hydrogen-bond acceptors (Lipinski definition) is 7. The Labute approximate surface area is 180 Å². The van der Waals surface area contributed by atoms with Crippen molar-refractivity contribution in [2.24, 2.45) is 4.99 Å². The van der Waals surface area contributed by atoms with Crippen LogP contribution in [0.15, 0.2) is 53.5 Å². The van der Waals surface area contributed by atoms with Crippen LogP contribution in [-0.2, 0) is 21.1 Å². The summed E-state index contributed by atoms with van der Waals surface area (Å²) in [5.41, 5.74) is 2.48. The van der Waals surface area contributed by atoms with E-state index in [-0.39, 0.29) is 35.1 Å². The molecule has 4 rings (SSSR count). The van der Waals surface area contributed by atoms with E-state index in [1.54, 1.807) is 0 Å². The van der Waals surface area contributed by atoms with Crippen LogP contribution in [0.3, 0.4) is 0 Å². The van der Waals surface area contributed by atoms with Gasteiger partial charge in [-0.15, -0.1) is 0 Å². The summed E-state index contributed by atoms with van der Waals surface area (Å²) in [6.45, 7) is 2.53. The normalized spacial score (nSPS) is 21.6. The lowest BCUT2D eigenvalue weighted by molar-refractivity contribution is -0.115. The summed E-state index contributed by atoms with van der Waals surface area (Å²) in [5.74, 6) is 1.01. The van der Waals surface area contributed by atoms with E-state index in [2.05, 4.69) is 15.6 Å². The molecule has 0 unspecified atom stereocenters. The smallest absolute Gasteiger partial charge is 0.228 e. The molecule has 0 aliphatic carbocycles. The van der Waals surface area contributed by atoms with Crippen LogP contribution in [0.1, 0.15) is 12.5 Å². The van der Waals surface area contributed by atoms with Gasteiger partial charge in [0.15, 0.2) is 15.0 Å². The van der Waals surface area contributed by atoms with Crippen LogP contribution in [0, 0.1) is 0 Å². The zero-order valence-electron chi connectivity index (χ0n) is 16.5. The molecule has 2 aromatic rings. The van der Waals surface area contributed by atoms with Crippen LogP contribution in [0.2, 0.25) is 0 Å². The molecule has 2 N–H and O–H groups in total. The number of fused-ring (bicyclic) bond motifs is 1. The number of nitrogens with one attached hydrogen (secondary N) is 2. The fourth-order valence-corrected chi connectivity index (χ4v) is 7.11. The number of benzene rings is 2. The van der Waals surface area contributed by atoms with Crippen molar-refractivity contribution in [2.75, 3.05) is 28.7 Å². The molecule has 0 aromatic heterocycles. The Balaban J connectivity index is 1.29. The number of sulfone groups is 1. The molecule has 2 aromatic carbocycles. The van der Waals surface area contributed by atoms with Crippen molar-refractivity contribution in [1.82, 2.24) is 0 Å². The molecule has 2 aliphatic rings. The van der Waals surface area contributed by atoms with Crippen molar-refractivity contribution in [1.29, 1.82) is 0 Å². The quantitative estimate of drug-likeness (QED) is 0.710. The van der Waals surface area contributed by atoms with Crippen LogP contribution < -0.4 is 15.4 Å². The van der Waals surface area contributed by atoms with Crippen molar-refractivity contribution in [3.05, 3.63) is 54.1 Å². The first-order valence-corrected chi connectivity index (χ1v) is 12.4. The fourth-order valence-electron chi connectivity index (χ4n) is 3.44. The first kappa shape index (κ1) is 20.7. The largest absolute Gasteiger partial charge is 0.494 e.